The molecule has 0 spiro atoms. The number of aryl methyl sites for hydroxylation is 1. The summed E-state index contributed by atoms with van der Waals surface area (Å²) in [6.07, 6.45) is 3.10. The Morgan fingerprint density at radius 1 is 0.935 bits per heavy atom. The van der Waals surface area contributed by atoms with E-state index in [2.05, 4.69) is 4.98 Å². The van der Waals surface area contributed by atoms with Gasteiger partial charge in [0, 0.05) is 11.0 Å². The van der Waals surface area contributed by atoms with E-state index in [0.717, 1.165) is 11.1 Å². The fourth-order valence-electron chi connectivity index (χ4n) is 3.07. The molecular weight excluding hydrogens is 412 g/mol. The van der Waals surface area contributed by atoms with Gasteiger partial charge in [0.15, 0.2) is 0 Å². The van der Waals surface area contributed by atoms with Crippen LogP contribution in [-0.4, -0.2) is 17.7 Å². The summed E-state index contributed by atoms with van der Waals surface area (Å²) < 4.78 is 38.8. The largest absolute Gasteiger partial charge is 0.468 e. The SMILES string of the molecule is Cc1oc(-c2ccccc2)nc1CN(Cc1ccco1)S(=O)(=O)/C=C/c1ccccc1. The maximum atomic E-state index is 13.2. The molecule has 6 nitrogen and oxygen atoms in total. The third kappa shape index (κ3) is 5.20. The van der Waals surface area contributed by atoms with Gasteiger partial charge in [-0.1, -0.05) is 48.5 Å². The van der Waals surface area contributed by atoms with Crippen LogP contribution in [0, 0.1) is 6.92 Å². The van der Waals surface area contributed by atoms with Gasteiger partial charge in [-0.25, -0.2) is 13.4 Å². The minimum Gasteiger partial charge on any atom is -0.468 e. The lowest BCUT2D eigenvalue weighted by Gasteiger charge is -2.18. The molecule has 0 unspecified atom stereocenters. The molecule has 2 heterocycles. The van der Waals surface area contributed by atoms with Crippen LogP contribution in [0.2, 0.25) is 0 Å². The lowest BCUT2D eigenvalue weighted by molar-refractivity contribution is 0.358. The summed E-state index contributed by atoms with van der Waals surface area (Å²) in [5.74, 6) is 1.58. The Kier molecular flexibility index (Phi) is 6.16. The smallest absolute Gasteiger partial charge is 0.237 e. The van der Waals surface area contributed by atoms with Crippen LogP contribution < -0.4 is 0 Å². The van der Waals surface area contributed by atoms with E-state index < -0.39 is 10.0 Å². The summed E-state index contributed by atoms with van der Waals surface area (Å²) in [6.45, 7) is 1.93. The Morgan fingerprint density at radius 2 is 1.65 bits per heavy atom. The average Bonchev–Trinajstić information content (AvgIpc) is 3.43. The van der Waals surface area contributed by atoms with Crippen LogP contribution in [0.1, 0.15) is 22.8 Å². The molecule has 0 saturated heterocycles. The molecule has 0 saturated carbocycles. The molecule has 2 aromatic carbocycles. The highest BCUT2D eigenvalue weighted by molar-refractivity contribution is 7.92. The van der Waals surface area contributed by atoms with Crippen LogP contribution >= 0.6 is 0 Å². The van der Waals surface area contributed by atoms with Crippen LogP contribution in [0.15, 0.2) is 93.3 Å². The quantitative estimate of drug-likeness (QED) is 0.379. The third-order valence-corrected chi connectivity index (χ3v) is 6.20. The second-order valence-electron chi connectivity index (χ2n) is 6.99. The highest BCUT2D eigenvalue weighted by atomic mass is 32.2. The summed E-state index contributed by atoms with van der Waals surface area (Å²) in [5, 5.41) is 1.21. The van der Waals surface area contributed by atoms with Crippen LogP contribution in [0.4, 0.5) is 0 Å². The molecule has 31 heavy (non-hydrogen) atoms. The van der Waals surface area contributed by atoms with E-state index in [1.807, 2.05) is 60.7 Å². The van der Waals surface area contributed by atoms with E-state index >= 15 is 0 Å². The predicted octanol–water partition coefficient (Wildman–Crippen LogP) is 5.25. The van der Waals surface area contributed by atoms with Crippen molar-refractivity contribution in [3.05, 3.63) is 107 Å². The van der Waals surface area contributed by atoms with E-state index in [9.17, 15) is 8.42 Å². The van der Waals surface area contributed by atoms with Gasteiger partial charge in [-0.05, 0) is 42.8 Å². The van der Waals surface area contributed by atoms with Crippen molar-refractivity contribution in [2.75, 3.05) is 0 Å². The Labute approximate surface area is 181 Å². The molecule has 158 valence electrons. The number of furan rings is 1. The van der Waals surface area contributed by atoms with E-state index in [1.54, 1.807) is 25.1 Å². The first kappa shape index (κ1) is 20.8. The molecule has 0 aliphatic rings. The van der Waals surface area contributed by atoms with Gasteiger partial charge in [-0.3, -0.25) is 0 Å². The number of nitrogens with zero attached hydrogens (tertiary/aromatic N) is 2. The monoisotopic (exact) mass is 434 g/mol. The van der Waals surface area contributed by atoms with E-state index in [4.69, 9.17) is 8.83 Å². The van der Waals surface area contributed by atoms with Gasteiger partial charge in [0.25, 0.3) is 0 Å². The molecule has 7 heteroatoms. The number of sulfonamides is 1. The fourth-order valence-corrected chi connectivity index (χ4v) is 4.18. The van der Waals surface area contributed by atoms with Crippen molar-refractivity contribution < 1.29 is 17.3 Å². The Bertz CT molecular complexity index is 1250. The maximum Gasteiger partial charge on any atom is 0.237 e. The number of hydrogen-bond donors (Lipinski definition) is 0. The van der Waals surface area contributed by atoms with E-state index in [-0.39, 0.29) is 13.1 Å². The van der Waals surface area contributed by atoms with Gasteiger partial charge >= 0.3 is 0 Å². The maximum absolute atomic E-state index is 13.2. The predicted molar refractivity (Wildman–Crippen MR) is 119 cm³/mol. The molecule has 0 amide bonds. The van der Waals surface area contributed by atoms with Crippen LogP contribution in [0.25, 0.3) is 17.5 Å². The van der Waals surface area contributed by atoms with Crippen molar-refractivity contribution in [1.82, 2.24) is 9.29 Å². The van der Waals surface area contributed by atoms with Crippen molar-refractivity contribution in [2.45, 2.75) is 20.0 Å². The molecule has 4 aromatic rings. The Hall–Kier alpha value is -3.42. The lowest BCUT2D eigenvalue weighted by Crippen LogP contribution is -2.28. The van der Waals surface area contributed by atoms with Crippen molar-refractivity contribution >= 4 is 16.1 Å². The molecule has 4 rings (SSSR count). The number of rotatable bonds is 8. The molecule has 0 fully saturated rings. The van der Waals surface area contributed by atoms with Gasteiger partial charge < -0.3 is 8.83 Å². The first-order chi connectivity index (χ1) is 15.0. The van der Waals surface area contributed by atoms with Gasteiger partial charge in [-0.2, -0.15) is 4.31 Å². The van der Waals surface area contributed by atoms with Crippen molar-refractivity contribution in [2.24, 2.45) is 0 Å². The first-order valence-corrected chi connectivity index (χ1v) is 11.3. The summed E-state index contributed by atoms with van der Waals surface area (Å²) in [4.78, 5) is 4.55. The highest BCUT2D eigenvalue weighted by Gasteiger charge is 2.24. The van der Waals surface area contributed by atoms with Gasteiger partial charge in [0.2, 0.25) is 15.9 Å². The second-order valence-corrected chi connectivity index (χ2v) is 8.81. The fraction of sp³-hybridized carbons (Fsp3) is 0.125. The zero-order valence-electron chi connectivity index (χ0n) is 17.0. The molecule has 0 atom stereocenters. The van der Waals surface area contributed by atoms with Gasteiger partial charge in [0.1, 0.15) is 11.5 Å². The number of aromatic nitrogens is 1. The van der Waals surface area contributed by atoms with E-state index in [1.165, 1.54) is 16.0 Å². The summed E-state index contributed by atoms with van der Waals surface area (Å²) in [6, 6.07) is 22.3. The minimum absolute atomic E-state index is 0.0599. The Morgan fingerprint density at radius 3 is 2.32 bits per heavy atom. The topological polar surface area (TPSA) is 76.6 Å². The first-order valence-electron chi connectivity index (χ1n) is 9.79. The molecule has 0 aliphatic carbocycles. The summed E-state index contributed by atoms with van der Waals surface area (Å²) in [7, 11) is -3.76. The van der Waals surface area contributed by atoms with Gasteiger partial charge in [0.05, 0.1) is 25.0 Å². The lowest BCUT2D eigenvalue weighted by atomic mass is 10.2. The van der Waals surface area contributed by atoms with Crippen molar-refractivity contribution in [1.29, 1.82) is 0 Å². The second kappa shape index (κ2) is 9.16. The summed E-state index contributed by atoms with van der Waals surface area (Å²) >= 11 is 0. The standard InChI is InChI=1S/C24H22N2O4S/c1-19-23(25-24(30-19)21-11-6-3-7-12-21)18-26(17-22-13-8-15-29-22)31(27,28)16-14-20-9-4-2-5-10-20/h2-16H,17-18H2,1H3/b16-14+. The number of hydrogen-bond acceptors (Lipinski definition) is 5. The molecule has 0 aliphatic heterocycles. The Balaban J connectivity index is 1.63. The van der Waals surface area contributed by atoms with Crippen LogP contribution in [0.3, 0.4) is 0 Å². The highest BCUT2D eigenvalue weighted by Crippen LogP contribution is 2.24. The minimum atomic E-state index is -3.76. The molecule has 0 radical (unpaired) electrons. The van der Waals surface area contributed by atoms with Gasteiger partial charge in [-0.15, -0.1) is 0 Å². The normalized spacial score (nSPS) is 12.1. The number of oxazole rings is 1. The van der Waals surface area contributed by atoms with Crippen LogP contribution in [-0.2, 0) is 23.1 Å². The van der Waals surface area contributed by atoms with Crippen molar-refractivity contribution in [3.8, 4) is 11.5 Å². The van der Waals surface area contributed by atoms with Crippen LogP contribution in [0.5, 0.6) is 0 Å². The zero-order valence-corrected chi connectivity index (χ0v) is 17.8. The van der Waals surface area contributed by atoms with Crippen molar-refractivity contribution in [3.63, 3.8) is 0 Å². The zero-order chi connectivity index (χ0) is 21.7. The molecular formula is C24H22N2O4S. The molecule has 0 bridgehead atoms. The molecule has 2 aromatic heterocycles. The molecule has 0 N–H and O–H groups in total. The third-order valence-electron chi connectivity index (χ3n) is 4.74. The summed E-state index contributed by atoms with van der Waals surface area (Å²) in [5.41, 5.74) is 2.19. The van der Waals surface area contributed by atoms with E-state index in [0.29, 0.717) is 23.1 Å². The average molecular weight is 435 g/mol. The number of benzene rings is 2.